The lowest BCUT2D eigenvalue weighted by molar-refractivity contribution is -0.0403. The standard InChI is InChI=1S/C12H16BrNO2/c13-10-3-1-9(2-4-10)7-14-6-5-11(15)12(16)8-14/h1-4,11-12,15-16H,5-8H2/t11-,12+/m1/s1. The summed E-state index contributed by atoms with van der Waals surface area (Å²) >= 11 is 3.40. The maximum absolute atomic E-state index is 9.57. The van der Waals surface area contributed by atoms with Crippen molar-refractivity contribution in [2.24, 2.45) is 0 Å². The first kappa shape index (κ1) is 12.0. The molecular weight excluding hydrogens is 270 g/mol. The molecule has 2 atom stereocenters. The van der Waals surface area contributed by atoms with Crippen LogP contribution in [-0.2, 0) is 6.54 Å². The van der Waals surface area contributed by atoms with Crippen molar-refractivity contribution in [3.05, 3.63) is 34.3 Å². The third-order valence-electron chi connectivity index (χ3n) is 2.95. The highest BCUT2D eigenvalue weighted by atomic mass is 79.9. The minimum atomic E-state index is -0.607. The lowest BCUT2D eigenvalue weighted by atomic mass is 10.0. The Morgan fingerprint density at radius 2 is 1.88 bits per heavy atom. The van der Waals surface area contributed by atoms with Crippen LogP contribution < -0.4 is 0 Å². The van der Waals surface area contributed by atoms with Crippen molar-refractivity contribution in [2.75, 3.05) is 13.1 Å². The lowest BCUT2D eigenvalue weighted by Gasteiger charge is -2.33. The molecule has 1 saturated heterocycles. The zero-order valence-electron chi connectivity index (χ0n) is 9.01. The van der Waals surface area contributed by atoms with Gasteiger partial charge >= 0.3 is 0 Å². The lowest BCUT2D eigenvalue weighted by Crippen LogP contribution is -2.46. The molecular formula is C12H16BrNO2. The van der Waals surface area contributed by atoms with Gasteiger partial charge in [0.15, 0.2) is 0 Å². The second kappa shape index (κ2) is 5.27. The third-order valence-corrected chi connectivity index (χ3v) is 3.48. The highest BCUT2D eigenvalue weighted by Gasteiger charge is 2.25. The van der Waals surface area contributed by atoms with Crippen molar-refractivity contribution < 1.29 is 10.2 Å². The summed E-state index contributed by atoms with van der Waals surface area (Å²) in [5.74, 6) is 0. The molecule has 1 heterocycles. The Morgan fingerprint density at radius 1 is 1.19 bits per heavy atom. The molecule has 1 aromatic rings. The fraction of sp³-hybridized carbons (Fsp3) is 0.500. The molecule has 0 bridgehead atoms. The molecule has 0 aliphatic carbocycles. The number of hydrogen-bond donors (Lipinski definition) is 2. The van der Waals surface area contributed by atoms with Crippen LogP contribution in [-0.4, -0.2) is 40.4 Å². The maximum atomic E-state index is 9.57. The number of piperidine rings is 1. The number of nitrogens with zero attached hydrogens (tertiary/aromatic N) is 1. The fourth-order valence-corrected chi connectivity index (χ4v) is 2.24. The van der Waals surface area contributed by atoms with Crippen LogP contribution >= 0.6 is 15.9 Å². The zero-order valence-corrected chi connectivity index (χ0v) is 10.6. The molecule has 4 heteroatoms. The Hall–Kier alpha value is -0.420. The molecule has 1 aliphatic rings. The van der Waals surface area contributed by atoms with Crippen LogP contribution in [0, 0.1) is 0 Å². The SMILES string of the molecule is O[C@@H]1CCN(Cc2ccc(Br)cc2)C[C@@H]1O. The molecule has 0 spiro atoms. The summed E-state index contributed by atoms with van der Waals surface area (Å²) in [6, 6.07) is 8.18. The molecule has 0 radical (unpaired) electrons. The smallest absolute Gasteiger partial charge is 0.0926 e. The molecule has 0 amide bonds. The number of β-amino-alcohol motifs (C(OH)–C–C–N with tert-alkyl or cyclic N) is 1. The maximum Gasteiger partial charge on any atom is 0.0926 e. The molecule has 1 aliphatic heterocycles. The molecule has 3 nitrogen and oxygen atoms in total. The van der Waals surface area contributed by atoms with Gasteiger partial charge in [0.1, 0.15) is 0 Å². The van der Waals surface area contributed by atoms with E-state index in [1.165, 1.54) is 5.56 Å². The number of aliphatic hydroxyl groups is 2. The predicted octanol–water partition coefficient (Wildman–Crippen LogP) is 1.38. The van der Waals surface area contributed by atoms with Gasteiger partial charge in [-0.1, -0.05) is 28.1 Å². The second-order valence-corrected chi connectivity index (χ2v) is 5.20. The van der Waals surface area contributed by atoms with Gasteiger partial charge in [0.05, 0.1) is 12.2 Å². The first-order valence-electron chi connectivity index (χ1n) is 5.48. The third kappa shape index (κ3) is 3.04. The van der Waals surface area contributed by atoms with E-state index in [4.69, 9.17) is 0 Å². The molecule has 0 unspecified atom stereocenters. The van der Waals surface area contributed by atoms with Crippen LogP contribution in [0.15, 0.2) is 28.7 Å². The zero-order chi connectivity index (χ0) is 11.5. The molecule has 0 aromatic heterocycles. The van der Waals surface area contributed by atoms with Gasteiger partial charge in [-0.05, 0) is 24.1 Å². The normalized spacial score (nSPS) is 26.9. The largest absolute Gasteiger partial charge is 0.390 e. The van der Waals surface area contributed by atoms with Crippen molar-refractivity contribution in [1.82, 2.24) is 4.90 Å². The van der Waals surface area contributed by atoms with Crippen LogP contribution in [0.25, 0.3) is 0 Å². The van der Waals surface area contributed by atoms with E-state index in [0.29, 0.717) is 13.0 Å². The Bertz CT molecular complexity index is 341. The van der Waals surface area contributed by atoms with Crippen molar-refractivity contribution in [1.29, 1.82) is 0 Å². The van der Waals surface area contributed by atoms with Crippen LogP contribution in [0.3, 0.4) is 0 Å². The Morgan fingerprint density at radius 3 is 2.50 bits per heavy atom. The second-order valence-electron chi connectivity index (χ2n) is 4.28. The molecule has 1 aromatic carbocycles. The topological polar surface area (TPSA) is 43.7 Å². The van der Waals surface area contributed by atoms with Gasteiger partial charge < -0.3 is 10.2 Å². The molecule has 2 N–H and O–H groups in total. The van der Waals surface area contributed by atoms with Gasteiger partial charge in [0.2, 0.25) is 0 Å². The minimum absolute atomic E-state index is 0.553. The highest BCUT2D eigenvalue weighted by Crippen LogP contribution is 2.16. The Balaban J connectivity index is 1.93. The van der Waals surface area contributed by atoms with E-state index >= 15 is 0 Å². The quantitative estimate of drug-likeness (QED) is 0.863. The van der Waals surface area contributed by atoms with E-state index in [9.17, 15) is 10.2 Å². The van der Waals surface area contributed by atoms with Crippen molar-refractivity contribution in [3.8, 4) is 0 Å². The van der Waals surface area contributed by atoms with E-state index in [2.05, 4.69) is 33.0 Å². The average molecular weight is 286 g/mol. The predicted molar refractivity (Wildman–Crippen MR) is 66.0 cm³/mol. The van der Waals surface area contributed by atoms with Gasteiger partial charge in [-0.15, -0.1) is 0 Å². The van der Waals surface area contributed by atoms with Gasteiger partial charge in [0, 0.05) is 24.1 Å². The summed E-state index contributed by atoms with van der Waals surface area (Å²) in [5.41, 5.74) is 1.23. The van der Waals surface area contributed by atoms with E-state index in [1.807, 2.05) is 12.1 Å². The Labute approximate surface area is 104 Å². The van der Waals surface area contributed by atoms with Gasteiger partial charge in [0.25, 0.3) is 0 Å². The van der Waals surface area contributed by atoms with E-state index in [0.717, 1.165) is 17.6 Å². The number of halogens is 1. The van der Waals surface area contributed by atoms with Crippen LogP contribution in [0.1, 0.15) is 12.0 Å². The average Bonchev–Trinajstić information content (AvgIpc) is 2.27. The number of aliphatic hydroxyl groups excluding tert-OH is 2. The summed E-state index contributed by atoms with van der Waals surface area (Å²) in [4.78, 5) is 2.17. The van der Waals surface area contributed by atoms with E-state index in [-0.39, 0.29) is 0 Å². The highest BCUT2D eigenvalue weighted by molar-refractivity contribution is 9.10. The first-order chi connectivity index (χ1) is 7.65. The van der Waals surface area contributed by atoms with Crippen molar-refractivity contribution >= 4 is 15.9 Å². The van der Waals surface area contributed by atoms with Crippen LogP contribution in [0.4, 0.5) is 0 Å². The molecule has 88 valence electrons. The number of benzene rings is 1. The Kier molecular flexibility index (Phi) is 3.97. The van der Waals surface area contributed by atoms with Gasteiger partial charge in [-0.25, -0.2) is 0 Å². The summed E-state index contributed by atoms with van der Waals surface area (Å²) in [6.07, 6.45) is -0.511. The first-order valence-corrected chi connectivity index (χ1v) is 6.27. The van der Waals surface area contributed by atoms with Crippen LogP contribution in [0.2, 0.25) is 0 Å². The van der Waals surface area contributed by atoms with E-state index < -0.39 is 12.2 Å². The van der Waals surface area contributed by atoms with E-state index in [1.54, 1.807) is 0 Å². The summed E-state index contributed by atoms with van der Waals surface area (Å²) in [5, 5.41) is 19.0. The number of rotatable bonds is 2. The van der Waals surface area contributed by atoms with Crippen LogP contribution in [0.5, 0.6) is 0 Å². The fourth-order valence-electron chi connectivity index (χ4n) is 1.98. The minimum Gasteiger partial charge on any atom is -0.390 e. The molecule has 0 saturated carbocycles. The van der Waals surface area contributed by atoms with Gasteiger partial charge in [-0.3, -0.25) is 4.90 Å². The summed E-state index contributed by atoms with van der Waals surface area (Å²) < 4.78 is 1.07. The monoisotopic (exact) mass is 285 g/mol. The van der Waals surface area contributed by atoms with Gasteiger partial charge in [-0.2, -0.15) is 0 Å². The van der Waals surface area contributed by atoms with Crippen molar-refractivity contribution in [3.63, 3.8) is 0 Å². The molecule has 2 rings (SSSR count). The summed E-state index contributed by atoms with van der Waals surface area (Å²) in [6.45, 7) is 2.22. The number of likely N-dealkylation sites (tertiary alicyclic amines) is 1. The number of hydrogen-bond acceptors (Lipinski definition) is 3. The molecule has 16 heavy (non-hydrogen) atoms. The summed E-state index contributed by atoms with van der Waals surface area (Å²) in [7, 11) is 0. The molecule has 1 fully saturated rings. The van der Waals surface area contributed by atoms with Crippen molar-refractivity contribution in [2.45, 2.75) is 25.2 Å².